The molecule has 0 unspecified atom stereocenters. The van der Waals surface area contributed by atoms with Crippen LogP contribution in [-0.2, 0) is 17.7 Å². The van der Waals surface area contributed by atoms with Gasteiger partial charge in [0.05, 0.1) is 16.1 Å². The van der Waals surface area contributed by atoms with Crippen molar-refractivity contribution < 1.29 is 14.3 Å². The van der Waals surface area contributed by atoms with Gasteiger partial charge in [0.15, 0.2) is 6.61 Å². The highest BCUT2D eigenvalue weighted by atomic mass is 35.5. The highest BCUT2D eigenvalue weighted by Crippen LogP contribution is 2.29. The van der Waals surface area contributed by atoms with Crippen LogP contribution in [0.25, 0.3) is 10.9 Å². The molecule has 2 heterocycles. The van der Waals surface area contributed by atoms with Gasteiger partial charge < -0.3 is 4.74 Å². The first-order chi connectivity index (χ1) is 14.5. The second-order valence-electron chi connectivity index (χ2n) is 7.72. The molecular formula is C24H23ClN2O3. The molecule has 3 aromatic rings. The molecular weight excluding hydrogens is 400 g/mol. The molecule has 0 spiro atoms. The minimum Gasteiger partial charge on any atom is -0.454 e. The number of benzene rings is 2. The fourth-order valence-corrected chi connectivity index (χ4v) is 4.09. The third-order valence-corrected chi connectivity index (χ3v) is 5.85. The van der Waals surface area contributed by atoms with Gasteiger partial charge in [0.1, 0.15) is 0 Å². The van der Waals surface area contributed by atoms with Gasteiger partial charge in [0, 0.05) is 47.8 Å². The molecule has 0 atom stereocenters. The highest BCUT2D eigenvalue weighted by molar-refractivity contribution is 6.34. The van der Waals surface area contributed by atoms with E-state index in [1.54, 1.807) is 24.3 Å². The molecule has 30 heavy (non-hydrogen) atoms. The molecule has 0 radical (unpaired) electrons. The average molecular weight is 423 g/mol. The van der Waals surface area contributed by atoms with Crippen LogP contribution in [0.15, 0.2) is 48.5 Å². The zero-order valence-electron chi connectivity index (χ0n) is 17.0. The van der Waals surface area contributed by atoms with E-state index < -0.39 is 5.97 Å². The van der Waals surface area contributed by atoms with Gasteiger partial charge in [-0.2, -0.15) is 0 Å². The van der Waals surface area contributed by atoms with Crippen molar-refractivity contribution in [3.63, 3.8) is 0 Å². The summed E-state index contributed by atoms with van der Waals surface area (Å²) in [6.45, 7) is 5.45. The average Bonchev–Trinajstić information content (AvgIpc) is 2.75. The molecule has 1 aromatic heterocycles. The lowest BCUT2D eigenvalue weighted by atomic mass is 9.95. The fourth-order valence-electron chi connectivity index (χ4n) is 3.85. The molecule has 154 valence electrons. The van der Waals surface area contributed by atoms with Crippen LogP contribution in [-0.4, -0.2) is 40.8 Å². The monoisotopic (exact) mass is 422 g/mol. The number of nitrogens with zero attached hydrogens (tertiary/aromatic N) is 2. The first-order valence-corrected chi connectivity index (χ1v) is 10.4. The van der Waals surface area contributed by atoms with E-state index in [0.717, 1.165) is 35.1 Å². The zero-order valence-corrected chi connectivity index (χ0v) is 17.8. The van der Waals surface area contributed by atoms with E-state index in [1.807, 2.05) is 24.3 Å². The SMILES string of the molecule is CC(C)N1CCc2nc3ccccc3c(C(=O)OCC(=O)c3ccccc3Cl)c2C1. The van der Waals surface area contributed by atoms with Crippen LogP contribution in [0.1, 0.15) is 45.8 Å². The summed E-state index contributed by atoms with van der Waals surface area (Å²) in [5.74, 6) is -0.833. The normalized spacial score (nSPS) is 14.0. The minimum atomic E-state index is -0.504. The van der Waals surface area contributed by atoms with Crippen LogP contribution in [0.3, 0.4) is 0 Å². The number of hydrogen-bond donors (Lipinski definition) is 0. The Labute approximate surface area is 180 Å². The van der Waals surface area contributed by atoms with E-state index in [-0.39, 0.29) is 12.4 Å². The van der Waals surface area contributed by atoms with Crippen molar-refractivity contribution >= 4 is 34.3 Å². The van der Waals surface area contributed by atoms with Gasteiger partial charge in [0.25, 0.3) is 0 Å². The van der Waals surface area contributed by atoms with E-state index in [1.165, 1.54) is 0 Å². The molecule has 5 nitrogen and oxygen atoms in total. The maximum absolute atomic E-state index is 13.2. The zero-order chi connectivity index (χ0) is 21.3. The van der Waals surface area contributed by atoms with E-state index >= 15 is 0 Å². The maximum Gasteiger partial charge on any atom is 0.339 e. The van der Waals surface area contributed by atoms with Gasteiger partial charge in [0.2, 0.25) is 5.78 Å². The predicted molar refractivity (Wildman–Crippen MR) is 117 cm³/mol. The number of aromatic nitrogens is 1. The molecule has 4 rings (SSSR count). The summed E-state index contributed by atoms with van der Waals surface area (Å²) < 4.78 is 5.48. The number of fused-ring (bicyclic) bond motifs is 2. The summed E-state index contributed by atoms with van der Waals surface area (Å²) in [7, 11) is 0. The topological polar surface area (TPSA) is 59.5 Å². The quantitative estimate of drug-likeness (QED) is 0.440. The Morgan fingerprint density at radius 3 is 2.63 bits per heavy atom. The molecule has 1 aliphatic heterocycles. The Balaban J connectivity index is 1.67. The fraction of sp³-hybridized carbons (Fsp3) is 0.292. The van der Waals surface area contributed by atoms with Crippen molar-refractivity contribution in [3.8, 4) is 0 Å². The number of pyridine rings is 1. The Morgan fingerprint density at radius 1 is 1.13 bits per heavy atom. The molecule has 0 aliphatic carbocycles. The lowest BCUT2D eigenvalue weighted by Crippen LogP contribution is -2.37. The van der Waals surface area contributed by atoms with Crippen molar-refractivity contribution in [1.29, 1.82) is 0 Å². The summed E-state index contributed by atoms with van der Waals surface area (Å²) in [6.07, 6.45) is 0.775. The number of para-hydroxylation sites is 1. The number of halogens is 1. The van der Waals surface area contributed by atoms with Crippen molar-refractivity contribution in [1.82, 2.24) is 9.88 Å². The molecule has 0 saturated heterocycles. The Bertz CT molecular complexity index is 1130. The molecule has 0 N–H and O–H groups in total. The summed E-state index contributed by atoms with van der Waals surface area (Å²) in [4.78, 5) is 32.8. The van der Waals surface area contributed by atoms with E-state index in [2.05, 4.69) is 18.7 Å². The molecule has 1 aliphatic rings. The highest BCUT2D eigenvalue weighted by Gasteiger charge is 2.28. The lowest BCUT2D eigenvalue weighted by molar-refractivity contribution is 0.0473. The summed E-state index contributed by atoms with van der Waals surface area (Å²) in [5.41, 5.74) is 3.44. The predicted octanol–water partition coefficient (Wildman–Crippen LogP) is 4.69. The van der Waals surface area contributed by atoms with E-state index in [0.29, 0.717) is 28.7 Å². The number of ether oxygens (including phenoxy) is 1. The van der Waals surface area contributed by atoms with Gasteiger partial charge >= 0.3 is 5.97 Å². The summed E-state index contributed by atoms with van der Waals surface area (Å²) in [6, 6.07) is 14.7. The Hall–Kier alpha value is -2.76. The smallest absolute Gasteiger partial charge is 0.339 e. The number of esters is 1. The number of Topliss-reactive ketones (excluding diaryl/α,β-unsaturated/α-hetero) is 1. The second-order valence-corrected chi connectivity index (χ2v) is 8.13. The number of ketones is 1. The maximum atomic E-state index is 13.2. The van der Waals surface area contributed by atoms with Crippen LogP contribution in [0.2, 0.25) is 5.02 Å². The van der Waals surface area contributed by atoms with E-state index in [9.17, 15) is 9.59 Å². The van der Waals surface area contributed by atoms with Gasteiger partial charge in [-0.25, -0.2) is 4.79 Å². The number of rotatable bonds is 5. The van der Waals surface area contributed by atoms with Gasteiger partial charge in [-0.3, -0.25) is 14.7 Å². The van der Waals surface area contributed by atoms with E-state index in [4.69, 9.17) is 21.3 Å². The molecule has 6 heteroatoms. The van der Waals surface area contributed by atoms with Gasteiger partial charge in [-0.1, -0.05) is 41.9 Å². The second kappa shape index (κ2) is 8.54. The van der Waals surface area contributed by atoms with Crippen LogP contribution in [0.5, 0.6) is 0 Å². The molecule has 0 fully saturated rings. The van der Waals surface area contributed by atoms with Gasteiger partial charge in [-0.05, 0) is 32.0 Å². The third-order valence-electron chi connectivity index (χ3n) is 5.52. The Kier molecular flexibility index (Phi) is 5.84. The number of hydrogen-bond acceptors (Lipinski definition) is 5. The van der Waals surface area contributed by atoms with Crippen LogP contribution in [0.4, 0.5) is 0 Å². The summed E-state index contributed by atoms with van der Waals surface area (Å²) in [5, 5.41) is 1.09. The first kappa shape index (κ1) is 20.5. The van der Waals surface area contributed by atoms with Crippen molar-refractivity contribution in [2.24, 2.45) is 0 Å². The number of carbonyl (C=O) groups is 2. The van der Waals surface area contributed by atoms with Crippen molar-refractivity contribution in [3.05, 3.63) is 75.9 Å². The minimum absolute atomic E-state index is 0.329. The standard InChI is InChI=1S/C24H23ClN2O3/c1-15(2)27-12-11-21-18(13-27)23(17-8-4-6-10-20(17)26-21)24(29)30-14-22(28)16-7-3-5-9-19(16)25/h3-10,15H,11-14H2,1-2H3. The largest absolute Gasteiger partial charge is 0.454 e. The third kappa shape index (κ3) is 3.95. The molecule has 2 aromatic carbocycles. The molecule has 0 saturated carbocycles. The van der Waals surface area contributed by atoms with Crippen molar-refractivity contribution in [2.75, 3.05) is 13.2 Å². The van der Waals surface area contributed by atoms with Crippen LogP contribution in [0, 0.1) is 0 Å². The summed E-state index contributed by atoms with van der Waals surface area (Å²) >= 11 is 6.09. The van der Waals surface area contributed by atoms with Crippen LogP contribution < -0.4 is 0 Å². The Morgan fingerprint density at radius 2 is 1.87 bits per heavy atom. The van der Waals surface area contributed by atoms with Crippen LogP contribution >= 0.6 is 11.6 Å². The van der Waals surface area contributed by atoms with Crippen molar-refractivity contribution in [2.45, 2.75) is 32.9 Å². The van der Waals surface area contributed by atoms with Gasteiger partial charge in [-0.15, -0.1) is 0 Å². The molecule has 0 amide bonds. The molecule has 0 bridgehead atoms. The first-order valence-electron chi connectivity index (χ1n) is 10.0. The number of carbonyl (C=O) groups excluding carboxylic acids is 2. The lowest BCUT2D eigenvalue weighted by Gasteiger charge is -2.32.